The third-order valence-electron chi connectivity index (χ3n) is 7.10. The molecule has 208 valence electrons. The van der Waals surface area contributed by atoms with Crippen LogP contribution < -0.4 is 10.2 Å². The van der Waals surface area contributed by atoms with Crippen LogP contribution in [0, 0.1) is 13.8 Å². The second kappa shape index (κ2) is 11.2. The predicted molar refractivity (Wildman–Crippen MR) is 160 cm³/mol. The Labute approximate surface area is 243 Å². The molecule has 0 spiro atoms. The Hall–Kier alpha value is -3.49. The third kappa shape index (κ3) is 5.56. The number of halogens is 1. The molecule has 0 saturated heterocycles. The Kier molecular flexibility index (Phi) is 7.84. The van der Waals surface area contributed by atoms with Crippen LogP contribution in [0.3, 0.4) is 0 Å². The lowest BCUT2D eigenvalue weighted by atomic mass is 9.87. The molecule has 2 aromatic heterocycles. The van der Waals surface area contributed by atoms with Crippen LogP contribution in [-0.4, -0.2) is 33.9 Å². The zero-order valence-corrected chi connectivity index (χ0v) is 24.9. The molecule has 4 aromatic rings. The van der Waals surface area contributed by atoms with Crippen molar-refractivity contribution in [2.24, 2.45) is 0 Å². The third-order valence-corrected chi connectivity index (χ3v) is 8.59. The van der Waals surface area contributed by atoms with E-state index in [-0.39, 0.29) is 41.3 Å². The topological polar surface area (TPSA) is 80.4 Å². The van der Waals surface area contributed by atoms with E-state index in [0.29, 0.717) is 16.6 Å². The van der Waals surface area contributed by atoms with Gasteiger partial charge in [0.1, 0.15) is 18.1 Å². The lowest BCUT2D eigenvalue weighted by molar-refractivity contribution is -0.123. The number of carbonyl (C=O) groups excluding carboxylic acids is 2. The summed E-state index contributed by atoms with van der Waals surface area (Å²) in [5.41, 5.74) is 5.48. The fourth-order valence-corrected chi connectivity index (χ4v) is 6.32. The van der Waals surface area contributed by atoms with Crippen molar-refractivity contribution in [2.45, 2.75) is 51.8 Å². The van der Waals surface area contributed by atoms with Gasteiger partial charge in [-0.05, 0) is 60.9 Å². The molecular formula is C31H33ClN4O3S. The predicted octanol–water partition coefficient (Wildman–Crippen LogP) is 6.52. The van der Waals surface area contributed by atoms with Crippen LogP contribution in [0.4, 0.5) is 5.82 Å². The van der Waals surface area contributed by atoms with E-state index in [1.54, 1.807) is 23.3 Å². The molecule has 0 aliphatic carbocycles. The van der Waals surface area contributed by atoms with Gasteiger partial charge in [0.15, 0.2) is 0 Å². The summed E-state index contributed by atoms with van der Waals surface area (Å²) in [6.07, 6.45) is 1.57. The fourth-order valence-electron chi connectivity index (χ4n) is 4.94. The lowest BCUT2D eigenvalue weighted by Crippen LogP contribution is -2.42. The Balaban J connectivity index is 1.71. The molecule has 0 bridgehead atoms. The molecular weight excluding hydrogens is 544 g/mol. The van der Waals surface area contributed by atoms with Crippen LogP contribution in [0.2, 0.25) is 5.02 Å². The molecule has 2 amide bonds. The molecule has 3 heterocycles. The normalized spacial score (nSPS) is 15.6. The minimum atomic E-state index is -0.342. The van der Waals surface area contributed by atoms with E-state index in [9.17, 15) is 9.59 Å². The molecule has 5 rings (SSSR count). The molecule has 2 aromatic carbocycles. The highest BCUT2D eigenvalue weighted by Gasteiger charge is 2.40. The summed E-state index contributed by atoms with van der Waals surface area (Å²) in [6, 6.07) is 17.4. The number of furan rings is 1. The SMILES string of the molecule is Cc1cccc(-n2nc(C(C)(C)C)c3c2N(CC(=O)NCc2ccco2)C(=O)CS[C@H]3c2cccc(Cl)c2)c1C. The van der Waals surface area contributed by atoms with Crippen LogP contribution in [0.1, 0.15) is 59.7 Å². The van der Waals surface area contributed by atoms with E-state index in [1.165, 1.54) is 11.8 Å². The number of aromatic nitrogens is 2. The number of nitrogens with one attached hydrogen (secondary N) is 1. The number of carbonyl (C=O) groups is 2. The average Bonchev–Trinajstić information content (AvgIpc) is 3.53. The molecule has 0 saturated carbocycles. The maximum absolute atomic E-state index is 13.8. The van der Waals surface area contributed by atoms with Crippen LogP contribution >= 0.6 is 23.4 Å². The molecule has 0 radical (unpaired) electrons. The van der Waals surface area contributed by atoms with Crippen molar-refractivity contribution in [3.8, 4) is 5.69 Å². The minimum Gasteiger partial charge on any atom is -0.467 e. The van der Waals surface area contributed by atoms with Gasteiger partial charge < -0.3 is 9.73 Å². The first kappa shape index (κ1) is 28.1. The smallest absolute Gasteiger partial charge is 0.240 e. The van der Waals surface area contributed by atoms with Crippen LogP contribution in [0.5, 0.6) is 0 Å². The summed E-state index contributed by atoms with van der Waals surface area (Å²) in [6.45, 7) is 10.6. The average molecular weight is 577 g/mol. The summed E-state index contributed by atoms with van der Waals surface area (Å²) in [5.74, 6) is 1.02. The Morgan fingerprint density at radius 3 is 2.62 bits per heavy atom. The fraction of sp³-hybridized carbons (Fsp3) is 0.323. The van der Waals surface area contributed by atoms with E-state index in [4.69, 9.17) is 21.1 Å². The van der Waals surface area contributed by atoms with Gasteiger partial charge in [-0.2, -0.15) is 5.10 Å². The van der Waals surface area contributed by atoms with Crippen LogP contribution in [0.25, 0.3) is 5.69 Å². The van der Waals surface area contributed by atoms with E-state index in [2.05, 4.69) is 46.0 Å². The van der Waals surface area contributed by atoms with E-state index in [0.717, 1.165) is 33.6 Å². The molecule has 1 atom stereocenters. The number of anilines is 1. The quantitative estimate of drug-likeness (QED) is 0.283. The van der Waals surface area contributed by atoms with Crippen molar-refractivity contribution in [3.05, 3.63) is 99.6 Å². The maximum atomic E-state index is 13.8. The number of benzene rings is 2. The number of fused-ring (bicyclic) bond motifs is 1. The van der Waals surface area contributed by atoms with Gasteiger partial charge in [-0.1, -0.05) is 56.6 Å². The number of amides is 2. The maximum Gasteiger partial charge on any atom is 0.240 e. The Bertz CT molecular complexity index is 1560. The van der Waals surface area contributed by atoms with Crippen LogP contribution in [-0.2, 0) is 21.5 Å². The van der Waals surface area contributed by atoms with Crippen LogP contribution in [0.15, 0.2) is 65.3 Å². The summed E-state index contributed by atoms with van der Waals surface area (Å²) in [7, 11) is 0. The summed E-state index contributed by atoms with van der Waals surface area (Å²) >= 11 is 7.97. The van der Waals surface area contributed by atoms with Gasteiger partial charge in [-0.15, -0.1) is 11.8 Å². The standard InChI is InChI=1S/C31H33ClN4O3S/c1-19-9-6-13-24(20(19)2)36-30-27(29(34-36)31(3,4)5)28(21-10-7-11-22(32)15-21)40-18-26(38)35(30)17-25(37)33-16-23-12-8-14-39-23/h6-15,28H,16-18H2,1-5H3,(H,33,37)/t28-/m0/s1. The van der Waals surface area contributed by atoms with Gasteiger partial charge in [-0.25, -0.2) is 4.68 Å². The summed E-state index contributed by atoms with van der Waals surface area (Å²) < 4.78 is 7.22. The number of thioether (sulfide) groups is 1. The largest absolute Gasteiger partial charge is 0.467 e. The molecule has 0 unspecified atom stereocenters. The van der Waals surface area contributed by atoms with Gasteiger partial charge in [0.25, 0.3) is 0 Å². The highest BCUT2D eigenvalue weighted by molar-refractivity contribution is 8.00. The van der Waals surface area contributed by atoms with Crippen molar-refractivity contribution in [2.75, 3.05) is 17.2 Å². The van der Waals surface area contributed by atoms with Gasteiger partial charge in [0, 0.05) is 16.0 Å². The van der Waals surface area contributed by atoms with Gasteiger partial charge in [-0.3, -0.25) is 14.5 Å². The van der Waals surface area contributed by atoms with Crippen molar-refractivity contribution >= 4 is 41.0 Å². The highest BCUT2D eigenvalue weighted by atomic mass is 35.5. The van der Waals surface area contributed by atoms with Gasteiger partial charge >= 0.3 is 0 Å². The first-order valence-electron chi connectivity index (χ1n) is 13.2. The second-order valence-corrected chi connectivity index (χ2v) is 12.6. The van der Waals surface area contributed by atoms with Crippen molar-refractivity contribution in [1.29, 1.82) is 0 Å². The van der Waals surface area contributed by atoms with Crippen molar-refractivity contribution in [1.82, 2.24) is 15.1 Å². The first-order valence-corrected chi connectivity index (χ1v) is 14.6. The molecule has 9 heteroatoms. The van der Waals surface area contributed by atoms with E-state index in [1.807, 2.05) is 41.1 Å². The molecule has 1 aliphatic heterocycles. The zero-order chi connectivity index (χ0) is 28.6. The molecule has 7 nitrogen and oxygen atoms in total. The van der Waals surface area contributed by atoms with Crippen molar-refractivity contribution in [3.63, 3.8) is 0 Å². The summed E-state index contributed by atoms with van der Waals surface area (Å²) in [4.78, 5) is 28.7. The molecule has 1 N–H and O–H groups in total. The minimum absolute atomic E-state index is 0.143. The van der Waals surface area contributed by atoms with Gasteiger partial charge in [0.2, 0.25) is 11.8 Å². The second-order valence-electron chi connectivity index (χ2n) is 11.0. The number of hydrogen-bond donors (Lipinski definition) is 1. The first-order chi connectivity index (χ1) is 19.0. The lowest BCUT2D eigenvalue weighted by Gasteiger charge is -2.25. The number of aryl methyl sites for hydroxylation is 1. The summed E-state index contributed by atoms with van der Waals surface area (Å²) in [5, 5.41) is 8.50. The van der Waals surface area contributed by atoms with E-state index >= 15 is 0 Å². The highest BCUT2D eigenvalue weighted by Crippen LogP contribution is 2.48. The zero-order valence-electron chi connectivity index (χ0n) is 23.3. The molecule has 0 fully saturated rings. The van der Waals surface area contributed by atoms with E-state index < -0.39 is 0 Å². The number of rotatable bonds is 6. The van der Waals surface area contributed by atoms with Gasteiger partial charge in [0.05, 0.1) is 35.2 Å². The number of hydrogen-bond acceptors (Lipinski definition) is 5. The van der Waals surface area contributed by atoms with Crippen molar-refractivity contribution < 1.29 is 14.0 Å². The Morgan fingerprint density at radius 1 is 1.15 bits per heavy atom. The number of nitrogens with zero attached hydrogens (tertiary/aromatic N) is 3. The molecule has 40 heavy (non-hydrogen) atoms. The molecule has 1 aliphatic rings. The Morgan fingerprint density at radius 2 is 1.93 bits per heavy atom. The monoisotopic (exact) mass is 576 g/mol.